The molecule has 0 saturated carbocycles. The number of nitrogens with one attached hydrogen (secondary N) is 3. The average Bonchev–Trinajstić information content (AvgIpc) is 2.26. The van der Waals surface area contributed by atoms with E-state index in [1.54, 1.807) is 15.0 Å². The van der Waals surface area contributed by atoms with Crippen molar-refractivity contribution >= 4 is 11.9 Å². The molecule has 2 aromatic rings. The smallest absolute Gasteiger partial charge is 0.330 e. The summed E-state index contributed by atoms with van der Waals surface area (Å²) in [4.78, 5) is 47.2. The molecule has 0 amide bonds. The van der Waals surface area contributed by atoms with Gasteiger partial charge in [-0.25, -0.2) is 14.4 Å². The number of anilines is 2. The first-order chi connectivity index (χ1) is 9.40. The summed E-state index contributed by atoms with van der Waals surface area (Å²) in [5.74, 6) is 0.819. The van der Waals surface area contributed by atoms with Crippen LogP contribution in [0, 0.1) is 0 Å². The van der Waals surface area contributed by atoms with Crippen LogP contribution in [0.5, 0.6) is 0 Å². The highest BCUT2D eigenvalue weighted by atomic mass is 16.2. The van der Waals surface area contributed by atoms with Gasteiger partial charge in [0, 0.05) is 6.42 Å². The van der Waals surface area contributed by atoms with Crippen LogP contribution in [0.4, 0.5) is 11.9 Å². The molecular formula is C8H13N9O3. The molecule has 12 heteroatoms. The molecule has 0 atom stereocenters. The van der Waals surface area contributed by atoms with E-state index in [2.05, 4.69) is 15.0 Å². The summed E-state index contributed by atoms with van der Waals surface area (Å²) >= 11 is 0. The summed E-state index contributed by atoms with van der Waals surface area (Å²) in [7, 11) is 0. The van der Waals surface area contributed by atoms with Gasteiger partial charge >= 0.3 is 17.1 Å². The van der Waals surface area contributed by atoms with Gasteiger partial charge in [-0.15, -0.1) is 0 Å². The minimum absolute atomic E-state index is 0.140. The largest absolute Gasteiger partial charge is 0.368 e. The van der Waals surface area contributed by atoms with Crippen LogP contribution in [0.3, 0.4) is 0 Å². The molecule has 12 nitrogen and oxygen atoms in total. The molecule has 0 unspecified atom stereocenters. The average molecular weight is 283 g/mol. The number of H-pyrrole nitrogens is 3. The van der Waals surface area contributed by atoms with Gasteiger partial charge in [-0.05, 0) is 6.54 Å². The quantitative estimate of drug-likeness (QED) is 0.319. The zero-order valence-electron chi connectivity index (χ0n) is 10.2. The second-order valence-electron chi connectivity index (χ2n) is 3.37. The molecule has 2 rings (SSSR count). The van der Waals surface area contributed by atoms with E-state index in [0.29, 0.717) is 18.8 Å². The van der Waals surface area contributed by atoms with Crippen molar-refractivity contribution in [3.63, 3.8) is 0 Å². The van der Waals surface area contributed by atoms with Gasteiger partial charge in [-0.3, -0.25) is 15.0 Å². The van der Waals surface area contributed by atoms with Crippen LogP contribution in [0.1, 0.15) is 5.82 Å². The van der Waals surface area contributed by atoms with Gasteiger partial charge in [-0.2, -0.15) is 15.0 Å². The molecular weight excluding hydrogens is 270 g/mol. The zero-order valence-corrected chi connectivity index (χ0v) is 10.2. The maximum Gasteiger partial charge on any atom is 0.330 e. The highest BCUT2D eigenvalue weighted by Gasteiger charge is 1.99. The second kappa shape index (κ2) is 6.79. The highest BCUT2D eigenvalue weighted by Crippen LogP contribution is 1.97. The third-order valence-electron chi connectivity index (χ3n) is 1.77. The topological polar surface area (TPSA) is 215 Å². The van der Waals surface area contributed by atoms with Crippen LogP contribution < -0.4 is 34.3 Å². The summed E-state index contributed by atoms with van der Waals surface area (Å²) in [5, 5.41) is 0. The fourth-order valence-electron chi connectivity index (χ4n) is 1.10. The number of hydrogen-bond donors (Lipinski definition) is 6. The first kappa shape index (κ1) is 15.0. The number of aromatic amines is 3. The van der Waals surface area contributed by atoms with Crippen molar-refractivity contribution < 1.29 is 0 Å². The van der Waals surface area contributed by atoms with Crippen molar-refractivity contribution in [2.45, 2.75) is 6.42 Å². The molecule has 2 heterocycles. The third kappa shape index (κ3) is 5.09. The normalized spacial score (nSPS) is 9.65. The van der Waals surface area contributed by atoms with Gasteiger partial charge in [0.15, 0.2) is 0 Å². The lowest BCUT2D eigenvalue weighted by Crippen LogP contribution is -2.34. The molecule has 0 aliphatic carbocycles. The summed E-state index contributed by atoms with van der Waals surface area (Å²) in [6.07, 6.45) is 0.566. The van der Waals surface area contributed by atoms with E-state index in [9.17, 15) is 14.4 Å². The van der Waals surface area contributed by atoms with Crippen LogP contribution in [0.2, 0.25) is 0 Å². The van der Waals surface area contributed by atoms with E-state index >= 15 is 0 Å². The number of nitrogens with zero attached hydrogens (tertiary/aromatic N) is 3. The molecule has 0 saturated heterocycles. The van der Waals surface area contributed by atoms with Crippen LogP contribution in [-0.2, 0) is 6.42 Å². The maximum absolute atomic E-state index is 10.2. The van der Waals surface area contributed by atoms with Crippen LogP contribution >= 0.6 is 0 Å². The van der Waals surface area contributed by atoms with Crippen molar-refractivity contribution in [1.82, 2.24) is 29.9 Å². The third-order valence-corrected chi connectivity index (χ3v) is 1.77. The Morgan fingerprint density at radius 1 is 0.800 bits per heavy atom. The molecule has 0 aromatic carbocycles. The van der Waals surface area contributed by atoms with E-state index in [0.717, 1.165) is 0 Å². The second-order valence-corrected chi connectivity index (χ2v) is 3.37. The number of nitrogen functional groups attached to an aromatic ring is 2. The van der Waals surface area contributed by atoms with E-state index < -0.39 is 17.1 Å². The fourth-order valence-corrected chi connectivity index (χ4v) is 1.10. The Bertz CT molecular complexity index is 632. The molecule has 9 N–H and O–H groups in total. The van der Waals surface area contributed by atoms with Crippen molar-refractivity contribution in [2.24, 2.45) is 5.73 Å². The zero-order chi connectivity index (χ0) is 15.1. The minimum Gasteiger partial charge on any atom is -0.368 e. The lowest BCUT2D eigenvalue weighted by Gasteiger charge is -1.98. The molecule has 0 fully saturated rings. The molecule has 20 heavy (non-hydrogen) atoms. The molecule has 0 aliphatic heterocycles. The summed E-state index contributed by atoms with van der Waals surface area (Å²) in [6.45, 7) is 0.475. The lowest BCUT2D eigenvalue weighted by molar-refractivity contribution is 0.856. The Labute approximate surface area is 110 Å². The molecule has 2 aromatic heterocycles. The van der Waals surface area contributed by atoms with E-state index in [4.69, 9.17) is 17.2 Å². The van der Waals surface area contributed by atoms with Crippen LogP contribution in [-0.4, -0.2) is 36.4 Å². The molecule has 0 aliphatic rings. The van der Waals surface area contributed by atoms with E-state index in [1.165, 1.54) is 0 Å². The fraction of sp³-hybridized carbons (Fsp3) is 0.250. The summed E-state index contributed by atoms with van der Waals surface area (Å²) < 4.78 is 0. The molecule has 0 bridgehead atoms. The molecule has 0 spiro atoms. The number of nitrogens with two attached hydrogens (primary N) is 3. The molecule has 108 valence electrons. The predicted octanol–water partition coefficient (Wildman–Crippen LogP) is -3.71. The van der Waals surface area contributed by atoms with E-state index in [1.807, 2.05) is 0 Å². The number of rotatable bonds is 2. The van der Waals surface area contributed by atoms with Crippen LogP contribution in [0.25, 0.3) is 0 Å². The first-order valence-corrected chi connectivity index (χ1v) is 5.29. The van der Waals surface area contributed by atoms with Gasteiger partial charge in [0.05, 0.1) is 0 Å². The minimum atomic E-state index is -0.802. The number of aromatic nitrogens is 6. The van der Waals surface area contributed by atoms with Crippen molar-refractivity contribution in [3.05, 3.63) is 37.3 Å². The van der Waals surface area contributed by atoms with Crippen molar-refractivity contribution in [2.75, 3.05) is 18.0 Å². The summed E-state index contributed by atoms with van der Waals surface area (Å²) in [5.41, 5.74) is 13.5. The van der Waals surface area contributed by atoms with Gasteiger partial charge < -0.3 is 17.2 Å². The Kier molecular flexibility index (Phi) is 5.11. The first-order valence-electron chi connectivity index (χ1n) is 5.29. The number of hydrogen-bond acceptors (Lipinski definition) is 9. The van der Waals surface area contributed by atoms with Gasteiger partial charge in [0.25, 0.3) is 0 Å². The Morgan fingerprint density at radius 3 is 1.55 bits per heavy atom. The SMILES string of the molecule is NCCc1nc(N)nc(N)n1.O=c1[nH]c(=O)[nH]c(=O)[nH]1. The van der Waals surface area contributed by atoms with Gasteiger partial charge in [-0.1, -0.05) is 0 Å². The van der Waals surface area contributed by atoms with Crippen LogP contribution in [0.15, 0.2) is 14.4 Å². The maximum atomic E-state index is 10.2. The van der Waals surface area contributed by atoms with Gasteiger partial charge in [0.2, 0.25) is 11.9 Å². The van der Waals surface area contributed by atoms with Crippen molar-refractivity contribution in [1.29, 1.82) is 0 Å². The Morgan fingerprint density at radius 2 is 1.20 bits per heavy atom. The highest BCUT2D eigenvalue weighted by molar-refractivity contribution is 5.25. The van der Waals surface area contributed by atoms with Gasteiger partial charge in [0.1, 0.15) is 5.82 Å². The van der Waals surface area contributed by atoms with E-state index in [-0.39, 0.29) is 11.9 Å². The predicted molar refractivity (Wildman–Crippen MR) is 69.7 cm³/mol. The Balaban J connectivity index is 0.000000204. The monoisotopic (exact) mass is 283 g/mol. The lowest BCUT2D eigenvalue weighted by atomic mass is 10.4. The van der Waals surface area contributed by atoms with Crippen molar-refractivity contribution in [3.8, 4) is 0 Å². The summed E-state index contributed by atoms with van der Waals surface area (Å²) in [6, 6.07) is 0. The molecule has 0 radical (unpaired) electrons. The standard InChI is InChI=1S/C5H10N6.C3H3N3O3/c6-2-1-3-9-4(7)11-5(8)10-3;7-1-4-2(8)6-3(9)5-1/h1-2,6H2,(H4,7,8,9,10,11);(H3,4,5,6,7,8,9). The Hall–Kier alpha value is -3.02.